The number of nitrogens with one attached hydrogen (secondary N) is 2. The van der Waals surface area contributed by atoms with E-state index in [1.54, 1.807) is 43.3 Å². The number of phenols is 1. The number of phenolic OH excluding ortho intramolecular Hbond substituents is 1. The van der Waals surface area contributed by atoms with Gasteiger partial charge in [0.2, 0.25) is 11.8 Å². The van der Waals surface area contributed by atoms with Gasteiger partial charge in [0, 0.05) is 17.8 Å². The van der Waals surface area contributed by atoms with E-state index in [1.807, 2.05) is 13.0 Å². The molecule has 0 spiro atoms. The summed E-state index contributed by atoms with van der Waals surface area (Å²) in [7, 11) is 0. The zero-order valence-corrected chi connectivity index (χ0v) is 13.2. The Morgan fingerprint density at radius 1 is 1.04 bits per heavy atom. The Kier molecular flexibility index (Phi) is 5.36. The highest BCUT2D eigenvalue weighted by Crippen LogP contribution is 2.21. The van der Waals surface area contributed by atoms with Crippen molar-refractivity contribution >= 4 is 23.2 Å². The number of carbonyl (C=O) groups is 2. The normalized spacial score (nSPS) is 10.2. The number of benzene rings is 2. The van der Waals surface area contributed by atoms with E-state index in [9.17, 15) is 14.7 Å². The molecule has 0 aliphatic heterocycles. The van der Waals surface area contributed by atoms with Crippen LogP contribution >= 0.6 is 0 Å². The van der Waals surface area contributed by atoms with Crippen LogP contribution in [0.3, 0.4) is 0 Å². The fraction of sp³-hybridized carbons (Fsp3) is 0.222. The second kappa shape index (κ2) is 7.45. The first-order chi connectivity index (χ1) is 11.0. The van der Waals surface area contributed by atoms with Crippen LogP contribution in [0.25, 0.3) is 0 Å². The van der Waals surface area contributed by atoms with Gasteiger partial charge in [-0.1, -0.05) is 25.1 Å². The molecule has 0 aliphatic rings. The summed E-state index contributed by atoms with van der Waals surface area (Å²) in [5, 5.41) is 15.0. The molecule has 0 atom stereocenters. The average molecular weight is 312 g/mol. The number of hydrogen-bond donors (Lipinski definition) is 3. The largest absolute Gasteiger partial charge is 0.508 e. The van der Waals surface area contributed by atoms with E-state index < -0.39 is 0 Å². The molecular weight excluding hydrogens is 292 g/mol. The Morgan fingerprint density at radius 3 is 2.52 bits per heavy atom. The predicted octanol–water partition coefficient (Wildman–Crippen LogP) is 3.23. The standard InChI is InChI=1S/C18H20N2O3/c1-3-17(22)19-14-8-7-12(2)16(11-14)20-18(23)10-13-5-4-6-15(21)9-13/h4-9,11,21H,3,10H2,1-2H3,(H,19,22)(H,20,23). The minimum absolute atomic E-state index is 0.0779. The first-order valence-corrected chi connectivity index (χ1v) is 7.46. The predicted molar refractivity (Wildman–Crippen MR) is 90.5 cm³/mol. The van der Waals surface area contributed by atoms with Gasteiger partial charge in [-0.05, 0) is 42.3 Å². The maximum atomic E-state index is 12.2. The Bertz CT molecular complexity index is 726. The lowest BCUT2D eigenvalue weighted by Gasteiger charge is -2.11. The Labute approximate surface area is 135 Å². The quantitative estimate of drug-likeness (QED) is 0.793. The number of anilines is 2. The SMILES string of the molecule is CCC(=O)Nc1ccc(C)c(NC(=O)Cc2cccc(O)c2)c1. The monoisotopic (exact) mass is 312 g/mol. The number of amides is 2. The van der Waals surface area contributed by atoms with Gasteiger partial charge in [0.05, 0.1) is 6.42 Å². The molecular formula is C18H20N2O3. The van der Waals surface area contributed by atoms with Gasteiger partial charge in [-0.25, -0.2) is 0 Å². The molecule has 0 aliphatic carbocycles. The lowest BCUT2D eigenvalue weighted by atomic mass is 10.1. The molecule has 0 heterocycles. The molecule has 2 aromatic carbocycles. The third-order valence-corrected chi connectivity index (χ3v) is 3.39. The van der Waals surface area contributed by atoms with Crippen LogP contribution in [0.15, 0.2) is 42.5 Å². The summed E-state index contributed by atoms with van der Waals surface area (Å²) in [4.78, 5) is 23.6. The lowest BCUT2D eigenvalue weighted by Crippen LogP contribution is -2.16. The molecule has 0 unspecified atom stereocenters. The molecule has 0 radical (unpaired) electrons. The molecule has 0 saturated carbocycles. The molecule has 23 heavy (non-hydrogen) atoms. The summed E-state index contributed by atoms with van der Waals surface area (Å²) in [6.45, 7) is 3.66. The molecule has 0 saturated heterocycles. The van der Waals surface area contributed by atoms with Crippen molar-refractivity contribution in [2.24, 2.45) is 0 Å². The highest BCUT2D eigenvalue weighted by molar-refractivity contribution is 5.95. The van der Waals surface area contributed by atoms with Gasteiger partial charge < -0.3 is 15.7 Å². The number of rotatable bonds is 5. The van der Waals surface area contributed by atoms with Crippen molar-refractivity contribution < 1.29 is 14.7 Å². The lowest BCUT2D eigenvalue weighted by molar-refractivity contribution is -0.116. The zero-order chi connectivity index (χ0) is 16.8. The van der Waals surface area contributed by atoms with Gasteiger partial charge in [0.15, 0.2) is 0 Å². The Hall–Kier alpha value is -2.82. The molecule has 3 N–H and O–H groups in total. The average Bonchev–Trinajstić information content (AvgIpc) is 2.50. The van der Waals surface area contributed by atoms with Crippen LogP contribution in [0.1, 0.15) is 24.5 Å². The van der Waals surface area contributed by atoms with Crippen LogP contribution in [0, 0.1) is 6.92 Å². The van der Waals surface area contributed by atoms with E-state index in [0.717, 1.165) is 11.1 Å². The van der Waals surface area contributed by atoms with Gasteiger partial charge in [0.1, 0.15) is 5.75 Å². The molecule has 5 heteroatoms. The number of carbonyl (C=O) groups excluding carboxylic acids is 2. The van der Waals surface area contributed by atoms with Crippen LogP contribution in [0.5, 0.6) is 5.75 Å². The van der Waals surface area contributed by atoms with Gasteiger partial charge in [0.25, 0.3) is 0 Å². The van der Waals surface area contributed by atoms with Crippen LogP contribution < -0.4 is 10.6 Å². The zero-order valence-electron chi connectivity index (χ0n) is 13.2. The van der Waals surface area contributed by atoms with Gasteiger partial charge >= 0.3 is 0 Å². The number of hydrogen-bond acceptors (Lipinski definition) is 3. The fourth-order valence-electron chi connectivity index (χ4n) is 2.13. The molecule has 2 aromatic rings. The third kappa shape index (κ3) is 4.85. The molecule has 5 nitrogen and oxygen atoms in total. The molecule has 0 fully saturated rings. The highest BCUT2D eigenvalue weighted by Gasteiger charge is 2.08. The summed E-state index contributed by atoms with van der Waals surface area (Å²) in [6, 6.07) is 12.0. The van der Waals surface area contributed by atoms with Crippen LogP contribution in [-0.4, -0.2) is 16.9 Å². The first-order valence-electron chi connectivity index (χ1n) is 7.46. The Morgan fingerprint density at radius 2 is 1.83 bits per heavy atom. The summed E-state index contributed by atoms with van der Waals surface area (Å²) in [5.74, 6) is -0.126. The minimum Gasteiger partial charge on any atom is -0.508 e. The van der Waals surface area contributed by atoms with Crippen LogP contribution in [-0.2, 0) is 16.0 Å². The smallest absolute Gasteiger partial charge is 0.228 e. The second-order valence-electron chi connectivity index (χ2n) is 5.33. The topological polar surface area (TPSA) is 78.4 Å². The summed E-state index contributed by atoms with van der Waals surface area (Å²) in [5.41, 5.74) is 2.94. The van der Waals surface area contributed by atoms with Gasteiger partial charge in [-0.3, -0.25) is 9.59 Å². The molecule has 120 valence electrons. The maximum absolute atomic E-state index is 12.2. The van der Waals surface area contributed by atoms with Crippen molar-refractivity contribution in [2.45, 2.75) is 26.7 Å². The molecule has 2 amide bonds. The van der Waals surface area contributed by atoms with Gasteiger partial charge in [-0.2, -0.15) is 0 Å². The minimum atomic E-state index is -0.183. The van der Waals surface area contributed by atoms with Crippen molar-refractivity contribution in [3.05, 3.63) is 53.6 Å². The van der Waals surface area contributed by atoms with Crippen molar-refractivity contribution in [1.82, 2.24) is 0 Å². The maximum Gasteiger partial charge on any atom is 0.228 e. The van der Waals surface area contributed by atoms with Crippen molar-refractivity contribution in [1.29, 1.82) is 0 Å². The second-order valence-corrected chi connectivity index (χ2v) is 5.33. The molecule has 2 rings (SSSR count). The van der Waals surface area contributed by atoms with Crippen molar-refractivity contribution in [3.8, 4) is 5.75 Å². The van der Waals surface area contributed by atoms with E-state index in [-0.39, 0.29) is 24.0 Å². The van der Waals surface area contributed by atoms with Crippen LogP contribution in [0.2, 0.25) is 0 Å². The molecule has 0 aromatic heterocycles. The summed E-state index contributed by atoms with van der Waals surface area (Å²) in [6.07, 6.45) is 0.562. The Balaban J connectivity index is 2.07. The fourth-order valence-corrected chi connectivity index (χ4v) is 2.13. The molecule has 0 bridgehead atoms. The van der Waals surface area contributed by atoms with Crippen molar-refractivity contribution in [3.63, 3.8) is 0 Å². The first kappa shape index (κ1) is 16.5. The van der Waals surface area contributed by atoms with Crippen LogP contribution in [0.4, 0.5) is 11.4 Å². The van der Waals surface area contributed by atoms with E-state index in [4.69, 9.17) is 0 Å². The summed E-state index contributed by atoms with van der Waals surface area (Å²) >= 11 is 0. The van der Waals surface area contributed by atoms with E-state index in [1.165, 1.54) is 0 Å². The van der Waals surface area contributed by atoms with E-state index in [0.29, 0.717) is 17.8 Å². The highest BCUT2D eigenvalue weighted by atomic mass is 16.3. The van der Waals surface area contributed by atoms with Crippen molar-refractivity contribution in [2.75, 3.05) is 10.6 Å². The third-order valence-electron chi connectivity index (χ3n) is 3.39. The summed E-state index contributed by atoms with van der Waals surface area (Å²) < 4.78 is 0. The number of aryl methyl sites for hydroxylation is 1. The van der Waals surface area contributed by atoms with E-state index >= 15 is 0 Å². The number of aromatic hydroxyl groups is 1. The van der Waals surface area contributed by atoms with E-state index in [2.05, 4.69) is 10.6 Å². The van der Waals surface area contributed by atoms with Gasteiger partial charge in [-0.15, -0.1) is 0 Å².